The molecule has 0 aliphatic rings. The minimum absolute atomic E-state index is 0. The zero-order valence-corrected chi connectivity index (χ0v) is 22.7. The molecule has 6 heteroatoms. The first kappa shape index (κ1) is 29.2. The van der Waals surface area contributed by atoms with Crippen LogP contribution in [0.2, 0.25) is 0 Å². The van der Waals surface area contributed by atoms with Gasteiger partial charge in [0.25, 0.3) is 0 Å². The van der Waals surface area contributed by atoms with Crippen LogP contribution in [0.3, 0.4) is 0 Å². The number of methoxy groups -OCH3 is 1. The number of nitrogens with one attached hydrogen (secondary N) is 1. The third-order valence-corrected chi connectivity index (χ3v) is 5.62. The molecule has 5 nitrogen and oxygen atoms in total. The number of benzene rings is 1. The first-order chi connectivity index (χ1) is 15.7. The molecule has 0 unspecified atom stereocenters. The average molecular weight is 569 g/mol. The molecule has 1 N–H and O–H groups in total. The van der Waals surface area contributed by atoms with Crippen LogP contribution in [-0.4, -0.2) is 19.6 Å². The highest BCUT2D eigenvalue weighted by atomic mass is 127. The Balaban J connectivity index is 0.00000544. The second kappa shape index (κ2) is 17.6. The predicted molar refractivity (Wildman–Crippen MR) is 129 cm³/mol. The molecule has 0 saturated heterocycles. The van der Waals surface area contributed by atoms with Crippen LogP contribution in [0.4, 0.5) is 0 Å². The fraction of sp³-hybridized carbons (Fsp3) is 0.556. The van der Waals surface area contributed by atoms with Crippen molar-refractivity contribution in [2.24, 2.45) is 0 Å². The maximum absolute atomic E-state index is 12.4. The van der Waals surface area contributed by atoms with Gasteiger partial charge in [-0.3, -0.25) is 4.79 Å². The van der Waals surface area contributed by atoms with Gasteiger partial charge in [0.1, 0.15) is 6.54 Å². The van der Waals surface area contributed by atoms with E-state index in [1.54, 1.807) is 7.11 Å². The third-order valence-electron chi connectivity index (χ3n) is 5.62. The number of rotatable bonds is 16. The van der Waals surface area contributed by atoms with Crippen LogP contribution >= 0.6 is 0 Å². The molecule has 2 rings (SSSR count). The van der Waals surface area contributed by atoms with Crippen molar-refractivity contribution in [1.29, 1.82) is 0 Å². The fourth-order valence-corrected chi connectivity index (χ4v) is 3.69. The number of nitrogens with zero attached hydrogens (tertiary/aromatic N) is 1. The van der Waals surface area contributed by atoms with Crippen LogP contribution in [0.1, 0.15) is 76.3 Å². The lowest BCUT2D eigenvalue weighted by atomic mass is 10.1. The second-order valence-corrected chi connectivity index (χ2v) is 8.30. The van der Waals surface area contributed by atoms with Crippen LogP contribution < -0.4 is 43.3 Å². The smallest absolute Gasteiger partial charge is 0.224 e. The molecule has 1 aromatic heterocycles. The lowest BCUT2D eigenvalue weighted by molar-refractivity contribution is -0.694. The number of unbranched alkanes of at least 4 members (excludes halogenated alkanes) is 7. The molecule has 1 aromatic carbocycles. The molecule has 0 atom stereocenters. The van der Waals surface area contributed by atoms with Crippen LogP contribution in [0, 0.1) is 0 Å². The Morgan fingerprint density at radius 2 is 1.67 bits per heavy atom. The summed E-state index contributed by atoms with van der Waals surface area (Å²) in [6, 6.07) is 9.78. The van der Waals surface area contributed by atoms with E-state index < -0.39 is 0 Å². The number of carbonyl (C=O) groups excluding carboxylic acids is 1. The van der Waals surface area contributed by atoms with E-state index in [1.165, 1.54) is 44.9 Å². The summed E-state index contributed by atoms with van der Waals surface area (Å²) in [5, 5.41) is 3.00. The van der Waals surface area contributed by atoms with Crippen molar-refractivity contribution in [3.05, 3.63) is 53.9 Å². The monoisotopic (exact) mass is 568 g/mol. The van der Waals surface area contributed by atoms with Crippen LogP contribution in [-0.2, 0) is 24.3 Å². The minimum Gasteiger partial charge on any atom is -1.00 e. The Morgan fingerprint density at radius 3 is 2.36 bits per heavy atom. The van der Waals surface area contributed by atoms with Crippen molar-refractivity contribution in [3.63, 3.8) is 0 Å². The molecule has 0 radical (unpaired) electrons. The van der Waals surface area contributed by atoms with Gasteiger partial charge in [-0.1, -0.05) is 57.9 Å². The topological polar surface area (TPSA) is 51.4 Å². The normalized spacial score (nSPS) is 10.4. The quantitative estimate of drug-likeness (QED) is 0.192. The molecule has 0 fully saturated rings. The zero-order chi connectivity index (χ0) is 23.0. The van der Waals surface area contributed by atoms with E-state index in [4.69, 9.17) is 9.47 Å². The lowest BCUT2D eigenvalue weighted by Crippen LogP contribution is -3.00. The van der Waals surface area contributed by atoms with Gasteiger partial charge < -0.3 is 38.8 Å². The summed E-state index contributed by atoms with van der Waals surface area (Å²) in [5.41, 5.74) is 2.00. The summed E-state index contributed by atoms with van der Waals surface area (Å²) < 4.78 is 13.5. The third kappa shape index (κ3) is 11.7. The molecule has 0 spiro atoms. The van der Waals surface area contributed by atoms with E-state index in [0.29, 0.717) is 25.3 Å². The number of aryl methyl sites for hydroxylation is 1. The van der Waals surface area contributed by atoms with Gasteiger partial charge in [0, 0.05) is 18.2 Å². The van der Waals surface area contributed by atoms with Crippen molar-refractivity contribution < 1.29 is 42.8 Å². The average Bonchev–Trinajstić information content (AvgIpc) is 2.82. The molecule has 0 aliphatic carbocycles. The van der Waals surface area contributed by atoms with Gasteiger partial charge in [-0.05, 0) is 37.1 Å². The largest absolute Gasteiger partial charge is 1.00 e. The number of pyridine rings is 1. The van der Waals surface area contributed by atoms with Gasteiger partial charge >= 0.3 is 0 Å². The number of carbonyl (C=O) groups is 1. The van der Waals surface area contributed by atoms with Gasteiger partial charge in [-0.2, -0.15) is 0 Å². The van der Waals surface area contributed by atoms with E-state index in [9.17, 15) is 4.79 Å². The number of hydrogen-bond donors (Lipinski definition) is 1. The highest BCUT2D eigenvalue weighted by molar-refractivity contribution is 5.78. The standard InChI is InChI=1S/C27H40N2O3.HI/c1-4-6-7-8-9-10-11-12-18-32-25-16-15-23(19-26(25)31-3)20-27(30)28-21-24-14-13-17-29(5-2)22-24;/h13-17,19,22H,4-12,18,20-21H2,1-3H3;1H. The van der Waals surface area contributed by atoms with Crippen molar-refractivity contribution in [2.75, 3.05) is 13.7 Å². The van der Waals surface area contributed by atoms with Gasteiger partial charge in [-0.25, -0.2) is 4.57 Å². The molecule has 0 saturated carbocycles. The molecule has 1 heterocycles. The SMILES string of the molecule is CCCCCCCCCCOc1ccc(CC(=O)NCc2ccc[n+](CC)c2)cc1OC.[I-]. The molecule has 184 valence electrons. The van der Waals surface area contributed by atoms with Crippen LogP contribution in [0.5, 0.6) is 11.5 Å². The summed E-state index contributed by atoms with van der Waals surface area (Å²) in [6.07, 6.45) is 14.6. The summed E-state index contributed by atoms with van der Waals surface area (Å²) in [4.78, 5) is 12.4. The Morgan fingerprint density at radius 1 is 0.939 bits per heavy atom. The first-order valence-electron chi connectivity index (χ1n) is 12.2. The summed E-state index contributed by atoms with van der Waals surface area (Å²) in [5.74, 6) is 1.42. The molecule has 0 aliphatic heterocycles. The number of ether oxygens (including phenoxy) is 2. The highest BCUT2D eigenvalue weighted by Gasteiger charge is 2.10. The van der Waals surface area contributed by atoms with Gasteiger partial charge in [0.2, 0.25) is 5.91 Å². The number of amides is 1. The molecular formula is C27H41IN2O3. The fourth-order valence-electron chi connectivity index (χ4n) is 3.69. The second-order valence-electron chi connectivity index (χ2n) is 8.30. The van der Waals surface area contributed by atoms with Gasteiger partial charge in [0.05, 0.1) is 20.1 Å². The number of hydrogen-bond acceptors (Lipinski definition) is 3. The Labute approximate surface area is 217 Å². The zero-order valence-electron chi connectivity index (χ0n) is 20.6. The van der Waals surface area contributed by atoms with E-state index in [1.807, 2.05) is 36.5 Å². The minimum atomic E-state index is -0.00782. The van der Waals surface area contributed by atoms with E-state index in [2.05, 4.69) is 29.9 Å². The maximum atomic E-state index is 12.4. The molecule has 2 aromatic rings. The van der Waals surface area contributed by atoms with Crippen molar-refractivity contribution in [2.45, 2.75) is 84.7 Å². The Kier molecular flexibility index (Phi) is 15.6. The Bertz CT molecular complexity index is 814. The van der Waals surface area contributed by atoms with Crippen molar-refractivity contribution >= 4 is 5.91 Å². The predicted octanol–water partition coefficient (Wildman–Crippen LogP) is 2.39. The first-order valence-corrected chi connectivity index (χ1v) is 12.2. The summed E-state index contributed by atoms with van der Waals surface area (Å²) in [7, 11) is 1.64. The number of aromatic nitrogens is 1. The summed E-state index contributed by atoms with van der Waals surface area (Å²) in [6.45, 7) is 6.48. The molecular weight excluding hydrogens is 527 g/mol. The maximum Gasteiger partial charge on any atom is 0.224 e. The van der Waals surface area contributed by atoms with Crippen molar-refractivity contribution in [1.82, 2.24) is 5.32 Å². The molecule has 0 bridgehead atoms. The van der Waals surface area contributed by atoms with E-state index >= 15 is 0 Å². The molecule has 1 amide bonds. The van der Waals surface area contributed by atoms with Crippen molar-refractivity contribution in [3.8, 4) is 11.5 Å². The Hall–Kier alpha value is -1.83. The van der Waals surface area contributed by atoms with Crippen LogP contribution in [0.25, 0.3) is 0 Å². The number of halogens is 1. The lowest BCUT2D eigenvalue weighted by Gasteiger charge is -2.12. The summed E-state index contributed by atoms with van der Waals surface area (Å²) >= 11 is 0. The van der Waals surface area contributed by atoms with Gasteiger partial charge in [-0.15, -0.1) is 0 Å². The van der Waals surface area contributed by atoms with Crippen LogP contribution in [0.15, 0.2) is 42.7 Å². The van der Waals surface area contributed by atoms with E-state index in [-0.39, 0.29) is 29.9 Å². The molecule has 33 heavy (non-hydrogen) atoms. The van der Waals surface area contributed by atoms with E-state index in [0.717, 1.165) is 29.8 Å². The highest BCUT2D eigenvalue weighted by Crippen LogP contribution is 2.28. The van der Waals surface area contributed by atoms with Gasteiger partial charge in [0.15, 0.2) is 23.9 Å².